The highest BCUT2D eigenvalue weighted by Gasteiger charge is 2.21. The van der Waals surface area contributed by atoms with Gasteiger partial charge in [0, 0.05) is 19.5 Å². The molecule has 19 heavy (non-hydrogen) atoms. The summed E-state index contributed by atoms with van der Waals surface area (Å²) in [6.45, 7) is 9.04. The number of furan rings is 1. The molecule has 0 radical (unpaired) electrons. The van der Waals surface area contributed by atoms with E-state index in [1.807, 2.05) is 6.92 Å². The first-order valence-electron chi connectivity index (χ1n) is 6.46. The van der Waals surface area contributed by atoms with Crippen molar-refractivity contribution in [1.82, 2.24) is 4.90 Å². The van der Waals surface area contributed by atoms with Crippen molar-refractivity contribution in [2.75, 3.05) is 13.1 Å². The summed E-state index contributed by atoms with van der Waals surface area (Å²) in [5, 5.41) is 0. The number of rotatable bonds is 6. The molecule has 0 aliphatic heterocycles. The summed E-state index contributed by atoms with van der Waals surface area (Å²) in [6.07, 6.45) is 0.545. The average molecular weight is 282 g/mol. The van der Waals surface area contributed by atoms with Crippen LogP contribution in [-0.4, -0.2) is 28.9 Å². The number of carbonyl (C=O) groups excluding carboxylic acids is 1. The molecule has 1 amide bonds. The Morgan fingerprint density at radius 1 is 1.47 bits per heavy atom. The SMILES string of the molecule is Cc1cc(C(=O)N(CCC(N)=S)CC(C)C)c(C)o1. The molecule has 1 heterocycles. The molecular formula is C14H22N2O2S. The predicted molar refractivity (Wildman–Crippen MR) is 80.3 cm³/mol. The number of carbonyl (C=O) groups is 1. The van der Waals surface area contributed by atoms with E-state index in [2.05, 4.69) is 13.8 Å². The van der Waals surface area contributed by atoms with Gasteiger partial charge < -0.3 is 15.1 Å². The van der Waals surface area contributed by atoms with Gasteiger partial charge in [0.2, 0.25) is 0 Å². The van der Waals surface area contributed by atoms with Crippen molar-refractivity contribution in [1.29, 1.82) is 0 Å². The van der Waals surface area contributed by atoms with E-state index in [1.165, 1.54) is 0 Å². The second-order valence-corrected chi connectivity index (χ2v) is 5.71. The van der Waals surface area contributed by atoms with E-state index >= 15 is 0 Å². The molecular weight excluding hydrogens is 260 g/mol. The van der Waals surface area contributed by atoms with Crippen LogP contribution in [0, 0.1) is 19.8 Å². The summed E-state index contributed by atoms with van der Waals surface area (Å²) in [7, 11) is 0. The third kappa shape index (κ3) is 4.67. The number of nitrogens with two attached hydrogens (primary N) is 1. The molecule has 0 aliphatic carbocycles. The van der Waals surface area contributed by atoms with E-state index in [0.29, 0.717) is 41.7 Å². The zero-order valence-electron chi connectivity index (χ0n) is 12.0. The van der Waals surface area contributed by atoms with Gasteiger partial charge in [-0.15, -0.1) is 0 Å². The van der Waals surface area contributed by atoms with Gasteiger partial charge in [0.15, 0.2) is 0 Å². The van der Waals surface area contributed by atoms with Crippen LogP contribution >= 0.6 is 12.2 Å². The molecule has 1 rings (SSSR count). The number of thiocarbonyl (C=S) groups is 1. The maximum absolute atomic E-state index is 12.5. The normalized spacial score (nSPS) is 10.8. The fourth-order valence-corrected chi connectivity index (χ4v) is 2.07. The van der Waals surface area contributed by atoms with Gasteiger partial charge in [0.25, 0.3) is 5.91 Å². The molecule has 0 bridgehead atoms. The Morgan fingerprint density at radius 2 is 2.11 bits per heavy atom. The number of nitrogens with zero attached hydrogens (tertiary/aromatic N) is 1. The highest BCUT2D eigenvalue weighted by Crippen LogP contribution is 2.17. The zero-order chi connectivity index (χ0) is 14.6. The fourth-order valence-electron chi connectivity index (χ4n) is 1.98. The molecule has 1 aromatic heterocycles. The van der Waals surface area contributed by atoms with Gasteiger partial charge in [0.05, 0.1) is 10.6 Å². The van der Waals surface area contributed by atoms with E-state index in [4.69, 9.17) is 22.4 Å². The lowest BCUT2D eigenvalue weighted by Gasteiger charge is -2.24. The summed E-state index contributed by atoms with van der Waals surface area (Å²) in [4.78, 5) is 14.7. The molecule has 106 valence electrons. The van der Waals surface area contributed by atoms with Crippen LogP contribution in [0.25, 0.3) is 0 Å². The summed E-state index contributed by atoms with van der Waals surface area (Å²) in [5.41, 5.74) is 6.15. The first kappa shape index (κ1) is 15.7. The average Bonchev–Trinajstić information content (AvgIpc) is 2.62. The summed E-state index contributed by atoms with van der Waals surface area (Å²) >= 11 is 4.88. The number of aryl methyl sites for hydroxylation is 2. The Balaban J connectivity index is 2.86. The third-order valence-corrected chi connectivity index (χ3v) is 2.98. The minimum absolute atomic E-state index is 0.0145. The molecule has 0 aliphatic rings. The van der Waals surface area contributed by atoms with Gasteiger partial charge in [-0.25, -0.2) is 0 Å². The molecule has 4 nitrogen and oxygen atoms in total. The molecule has 2 N–H and O–H groups in total. The minimum Gasteiger partial charge on any atom is -0.466 e. The number of amides is 1. The van der Waals surface area contributed by atoms with Gasteiger partial charge >= 0.3 is 0 Å². The van der Waals surface area contributed by atoms with Crippen LogP contribution in [0.3, 0.4) is 0 Å². The van der Waals surface area contributed by atoms with E-state index in [-0.39, 0.29) is 5.91 Å². The van der Waals surface area contributed by atoms with Crippen LogP contribution in [-0.2, 0) is 0 Å². The lowest BCUT2D eigenvalue weighted by molar-refractivity contribution is 0.0739. The van der Waals surface area contributed by atoms with Crippen molar-refractivity contribution in [2.24, 2.45) is 11.7 Å². The van der Waals surface area contributed by atoms with Crippen LogP contribution in [0.2, 0.25) is 0 Å². The van der Waals surface area contributed by atoms with Gasteiger partial charge in [-0.3, -0.25) is 4.79 Å². The van der Waals surface area contributed by atoms with Crippen molar-refractivity contribution in [3.63, 3.8) is 0 Å². The molecule has 0 atom stereocenters. The smallest absolute Gasteiger partial charge is 0.257 e. The first-order valence-corrected chi connectivity index (χ1v) is 6.86. The molecule has 5 heteroatoms. The van der Waals surface area contributed by atoms with E-state index in [1.54, 1.807) is 17.9 Å². The van der Waals surface area contributed by atoms with Gasteiger partial charge in [0.1, 0.15) is 11.5 Å². The molecule has 0 saturated carbocycles. The Hall–Kier alpha value is -1.36. The molecule has 0 spiro atoms. The first-order chi connectivity index (χ1) is 8.81. The second kappa shape index (κ2) is 6.70. The molecule has 0 unspecified atom stereocenters. The highest BCUT2D eigenvalue weighted by atomic mass is 32.1. The van der Waals surface area contributed by atoms with Crippen LogP contribution in [0.15, 0.2) is 10.5 Å². The Morgan fingerprint density at radius 3 is 2.53 bits per heavy atom. The van der Waals surface area contributed by atoms with Crippen molar-refractivity contribution in [3.8, 4) is 0 Å². The van der Waals surface area contributed by atoms with Crippen molar-refractivity contribution < 1.29 is 9.21 Å². The lowest BCUT2D eigenvalue weighted by Crippen LogP contribution is -2.36. The van der Waals surface area contributed by atoms with Crippen molar-refractivity contribution >= 4 is 23.1 Å². The quantitative estimate of drug-likeness (QED) is 0.815. The topological polar surface area (TPSA) is 59.5 Å². The Labute approximate surface area is 119 Å². The van der Waals surface area contributed by atoms with Crippen LogP contribution in [0.5, 0.6) is 0 Å². The van der Waals surface area contributed by atoms with Crippen LogP contribution in [0.1, 0.15) is 42.1 Å². The Bertz CT molecular complexity index is 466. The summed E-state index contributed by atoms with van der Waals surface area (Å²) in [5.74, 6) is 1.79. The van der Waals surface area contributed by atoms with Gasteiger partial charge in [-0.1, -0.05) is 26.1 Å². The molecule has 1 aromatic rings. The predicted octanol–water partition coefficient (Wildman–Crippen LogP) is 2.67. The van der Waals surface area contributed by atoms with Gasteiger partial charge in [-0.2, -0.15) is 0 Å². The standard InChI is InChI=1S/C14H22N2O2S/c1-9(2)8-16(6-5-13(15)19)14(17)12-7-10(3)18-11(12)4/h7,9H,5-6,8H2,1-4H3,(H2,15,19). The third-order valence-electron chi connectivity index (χ3n) is 2.77. The van der Waals surface area contributed by atoms with Crippen LogP contribution < -0.4 is 5.73 Å². The highest BCUT2D eigenvalue weighted by molar-refractivity contribution is 7.80. The zero-order valence-corrected chi connectivity index (χ0v) is 12.8. The number of hydrogen-bond donors (Lipinski definition) is 1. The minimum atomic E-state index is -0.0145. The largest absolute Gasteiger partial charge is 0.466 e. The van der Waals surface area contributed by atoms with E-state index < -0.39 is 0 Å². The maximum atomic E-state index is 12.5. The van der Waals surface area contributed by atoms with Crippen molar-refractivity contribution in [2.45, 2.75) is 34.1 Å². The van der Waals surface area contributed by atoms with Gasteiger partial charge in [-0.05, 0) is 25.8 Å². The van der Waals surface area contributed by atoms with E-state index in [0.717, 1.165) is 5.76 Å². The lowest BCUT2D eigenvalue weighted by atomic mass is 10.1. The molecule has 0 fully saturated rings. The summed E-state index contributed by atoms with van der Waals surface area (Å²) < 4.78 is 5.42. The maximum Gasteiger partial charge on any atom is 0.257 e. The second-order valence-electron chi connectivity index (χ2n) is 5.19. The Kier molecular flexibility index (Phi) is 5.54. The van der Waals surface area contributed by atoms with E-state index in [9.17, 15) is 4.79 Å². The molecule has 0 saturated heterocycles. The number of hydrogen-bond acceptors (Lipinski definition) is 3. The summed E-state index contributed by atoms with van der Waals surface area (Å²) in [6, 6.07) is 1.78. The molecule has 0 aromatic carbocycles. The monoisotopic (exact) mass is 282 g/mol. The van der Waals surface area contributed by atoms with Crippen LogP contribution in [0.4, 0.5) is 0 Å². The fraction of sp³-hybridized carbons (Fsp3) is 0.571. The van der Waals surface area contributed by atoms with Crippen molar-refractivity contribution in [3.05, 3.63) is 23.2 Å².